The van der Waals surface area contributed by atoms with Gasteiger partial charge in [-0.05, 0) is 19.3 Å². The standard InChI is InChI=1S/C25H36N12O8/c26-18-12-20(32-8-30-18)36(22-16(42)14(40)10(6-38)44-22)24(34-12)28-4-2-1-3-5-29-25-35-13-19(27)31-9-33-21(13)37(25)23-17(43)15(41)11(7-39)45-23/h8-11,14-17,22-23,38-43H,1-7H2,(H,28,34)(H,29,35)(H2,26,30,32)(H2,27,31,33)/t10-,11-,14+,15+,16-,17+,22+,23+/m0/s1. The lowest BCUT2D eigenvalue weighted by molar-refractivity contribution is -0.0501. The van der Waals surface area contributed by atoms with Crippen molar-refractivity contribution >= 4 is 45.9 Å². The summed E-state index contributed by atoms with van der Waals surface area (Å²) in [5.74, 6) is 0.873. The van der Waals surface area contributed by atoms with Gasteiger partial charge in [-0.25, -0.2) is 29.9 Å². The largest absolute Gasteiger partial charge is 0.394 e. The van der Waals surface area contributed by atoms with E-state index in [1.165, 1.54) is 21.8 Å². The van der Waals surface area contributed by atoms with E-state index in [1.807, 2.05) is 0 Å². The van der Waals surface area contributed by atoms with Crippen molar-refractivity contribution in [2.24, 2.45) is 0 Å². The predicted molar refractivity (Wildman–Crippen MR) is 156 cm³/mol. The monoisotopic (exact) mass is 632 g/mol. The Hall–Kier alpha value is -4.02. The van der Waals surface area contributed by atoms with Crippen LogP contribution in [0.4, 0.5) is 23.5 Å². The highest BCUT2D eigenvalue weighted by Crippen LogP contribution is 2.36. The van der Waals surface area contributed by atoms with Crippen LogP contribution in [0.3, 0.4) is 0 Å². The van der Waals surface area contributed by atoms with Crippen LogP contribution in [0.5, 0.6) is 0 Å². The molecule has 0 spiro atoms. The molecule has 8 atom stereocenters. The molecule has 2 fully saturated rings. The van der Waals surface area contributed by atoms with Gasteiger partial charge in [0, 0.05) is 13.1 Å². The molecule has 0 radical (unpaired) electrons. The molecule has 2 saturated heterocycles. The van der Waals surface area contributed by atoms with Crippen molar-refractivity contribution in [3.05, 3.63) is 12.7 Å². The van der Waals surface area contributed by atoms with Gasteiger partial charge < -0.3 is 62.2 Å². The molecule has 0 aliphatic carbocycles. The maximum atomic E-state index is 10.6. The fourth-order valence-electron chi connectivity index (χ4n) is 5.60. The number of nitrogens with one attached hydrogen (secondary N) is 2. The number of anilines is 4. The smallest absolute Gasteiger partial charge is 0.207 e. The Kier molecular flexibility index (Phi) is 8.79. The molecule has 4 aromatic rings. The normalized spacial score (nSPS) is 28.4. The average Bonchev–Trinajstić information content (AvgIpc) is 3.75. The number of hydrogen-bond donors (Lipinski definition) is 10. The third-order valence-electron chi connectivity index (χ3n) is 7.97. The average molecular weight is 633 g/mol. The molecular weight excluding hydrogens is 596 g/mol. The molecule has 0 saturated carbocycles. The molecule has 0 amide bonds. The van der Waals surface area contributed by atoms with Gasteiger partial charge in [-0.2, -0.15) is 0 Å². The molecule has 6 heterocycles. The zero-order valence-corrected chi connectivity index (χ0v) is 24.0. The number of imidazole rings is 2. The van der Waals surface area contributed by atoms with Crippen LogP contribution in [-0.2, 0) is 9.47 Å². The zero-order chi connectivity index (χ0) is 31.8. The van der Waals surface area contributed by atoms with Crippen LogP contribution < -0.4 is 22.1 Å². The quantitative estimate of drug-likeness (QED) is 0.0698. The molecular formula is C25H36N12O8. The second kappa shape index (κ2) is 12.8. The Morgan fingerprint density at radius 3 is 1.44 bits per heavy atom. The molecule has 12 N–H and O–H groups in total. The summed E-state index contributed by atoms with van der Waals surface area (Å²) in [6, 6.07) is 0. The van der Waals surface area contributed by atoms with Gasteiger partial charge in [0.1, 0.15) is 49.3 Å². The molecule has 6 rings (SSSR count). The van der Waals surface area contributed by atoms with Gasteiger partial charge in [0.25, 0.3) is 0 Å². The highest BCUT2D eigenvalue weighted by molar-refractivity contribution is 5.84. The number of aromatic nitrogens is 8. The van der Waals surface area contributed by atoms with Gasteiger partial charge in [-0.3, -0.25) is 9.13 Å². The van der Waals surface area contributed by atoms with E-state index in [-0.39, 0.29) is 11.6 Å². The van der Waals surface area contributed by atoms with Gasteiger partial charge in [-0.1, -0.05) is 0 Å². The van der Waals surface area contributed by atoms with E-state index in [0.717, 1.165) is 6.42 Å². The molecule has 244 valence electrons. The van der Waals surface area contributed by atoms with Gasteiger partial charge >= 0.3 is 0 Å². The second-order valence-corrected chi connectivity index (χ2v) is 10.8. The summed E-state index contributed by atoms with van der Waals surface area (Å²) in [6.07, 6.45) is -4.74. The summed E-state index contributed by atoms with van der Waals surface area (Å²) in [6.45, 7) is -0.0191. The van der Waals surface area contributed by atoms with Gasteiger partial charge in [0.15, 0.2) is 46.4 Å². The Labute approximate surface area is 254 Å². The van der Waals surface area contributed by atoms with Crippen molar-refractivity contribution < 1.29 is 40.1 Å². The molecule has 2 aliphatic heterocycles. The van der Waals surface area contributed by atoms with Crippen LogP contribution in [0, 0.1) is 0 Å². The summed E-state index contributed by atoms with van der Waals surface area (Å²) in [5.41, 5.74) is 13.2. The van der Waals surface area contributed by atoms with E-state index >= 15 is 0 Å². The Bertz CT molecular complexity index is 1520. The summed E-state index contributed by atoms with van der Waals surface area (Å²) in [4.78, 5) is 25.4. The van der Waals surface area contributed by atoms with Crippen molar-refractivity contribution in [2.45, 2.75) is 68.3 Å². The third kappa shape index (κ3) is 5.55. The first kappa shape index (κ1) is 31.0. The van der Waals surface area contributed by atoms with E-state index < -0.39 is 62.3 Å². The molecule has 20 heteroatoms. The molecule has 20 nitrogen and oxygen atoms in total. The number of nitrogen functional groups attached to an aromatic ring is 2. The lowest BCUT2D eigenvalue weighted by atomic mass is 10.1. The van der Waals surface area contributed by atoms with E-state index in [2.05, 4.69) is 40.5 Å². The Morgan fingerprint density at radius 2 is 1.07 bits per heavy atom. The van der Waals surface area contributed by atoms with Gasteiger partial charge in [-0.15, -0.1) is 0 Å². The lowest BCUT2D eigenvalue weighted by Crippen LogP contribution is -2.33. The minimum absolute atomic E-state index is 0.135. The van der Waals surface area contributed by atoms with Crippen LogP contribution in [0.1, 0.15) is 31.7 Å². The Balaban J connectivity index is 1.09. The number of unbranched alkanes of at least 4 members (excludes halogenated alkanes) is 2. The van der Waals surface area contributed by atoms with Crippen LogP contribution in [0.25, 0.3) is 22.3 Å². The summed E-state index contributed by atoms with van der Waals surface area (Å²) in [7, 11) is 0. The van der Waals surface area contributed by atoms with E-state index in [9.17, 15) is 30.6 Å². The molecule has 0 aromatic carbocycles. The molecule has 0 unspecified atom stereocenters. The minimum Gasteiger partial charge on any atom is -0.394 e. The highest BCUT2D eigenvalue weighted by Gasteiger charge is 2.46. The van der Waals surface area contributed by atoms with Crippen molar-refractivity contribution in [3.63, 3.8) is 0 Å². The number of rotatable bonds is 12. The van der Waals surface area contributed by atoms with E-state index in [1.54, 1.807) is 0 Å². The fourth-order valence-corrected chi connectivity index (χ4v) is 5.60. The lowest BCUT2D eigenvalue weighted by Gasteiger charge is -2.20. The maximum absolute atomic E-state index is 10.6. The molecule has 45 heavy (non-hydrogen) atoms. The fraction of sp³-hybridized carbons (Fsp3) is 0.600. The van der Waals surface area contributed by atoms with Crippen molar-refractivity contribution in [3.8, 4) is 0 Å². The Morgan fingerprint density at radius 1 is 0.644 bits per heavy atom. The molecule has 0 bridgehead atoms. The first-order valence-electron chi connectivity index (χ1n) is 14.4. The zero-order valence-electron chi connectivity index (χ0n) is 24.0. The van der Waals surface area contributed by atoms with Gasteiger partial charge in [0.2, 0.25) is 11.9 Å². The number of nitrogens with two attached hydrogens (primary N) is 2. The number of ether oxygens (including phenoxy) is 2. The highest BCUT2D eigenvalue weighted by atomic mass is 16.6. The molecule has 4 aromatic heterocycles. The maximum Gasteiger partial charge on any atom is 0.207 e. The second-order valence-electron chi connectivity index (χ2n) is 10.8. The summed E-state index contributed by atoms with van der Waals surface area (Å²) in [5, 5.41) is 67.4. The molecule has 2 aliphatic rings. The number of aliphatic hydroxyl groups excluding tert-OH is 6. The predicted octanol–water partition coefficient (Wildman–Crippen LogP) is -2.95. The van der Waals surface area contributed by atoms with Crippen LogP contribution in [-0.4, -0.2) is 133 Å². The first-order valence-corrected chi connectivity index (χ1v) is 14.4. The summed E-state index contributed by atoms with van der Waals surface area (Å²) >= 11 is 0. The van der Waals surface area contributed by atoms with Gasteiger partial charge in [0.05, 0.1) is 13.2 Å². The SMILES string of the molecule is Nc1ncnc2c1nc(NCCCCCNc1nc3c(N)ncnc3n1[C@@H]1O[C@@H](CO)[C@@H](O)[C@@H]1O)n2[C@@H]1O[C@@H](CO)[C@@H](O)[C@H]1O. The minimum atomic E-state index is -1.35. The van der Waals surface area contributed by atoms with Crippen molar-refractivity contribution in [1.82, 2.24) is 39.0 Å². The number of hydrogen-bond acceptors (Lipinski definition) is 18. The van der Waals surface area contributed by atoms with Crippen molar-refractivity contribution in [1.29, 1.82) is 0 Å². The van der Waals surface area contributed by atoms with Crippen LogP contribution >= 0.6 is 0 Å². The van der Waals surface area contributed by atoms with Crippen LogP contribution in [0.15, 0.2) is 12.7 Å². The van der Waals surface area contributed by atoms with Crippen LogP contribution in [0.2, 0.25) is 0 Å². The van der Waals surface area contributed by atoms with E-state index in [4.69, 9.17) is 20.9 Å². The summed E-state index contributed by atoms with van der Waals surface area (Å²) < 4.78 is 14.4. The number of aliphatic hydroxyl groups is 6. The van der Waals surface area contributed by atoms with E-state index in [0.29, 0.717) is 60.2 Å². The topological polar surface area (TPSA) is 303 Å². The first-order chi connectivity index (χ1) is 21.7. The third-order valence-corrected chi connectivity index (χ3v) is 7.97. The number of nitrogens with zero attached hydrogens (tertiary/aromatic N) is 8. The number of fused-ring (bicyclic) bond motifs is 2. The van der Waals surface area contributed by atoms with Crippen molar-refractivity contribution in [2.75, 3.05) is 48.4 Å².